The molecule has 2 unspecified atom stereocenters. The van der Waals surface area contributed by atoms with Gasteiger partial charge >= 0.3 is 0 Å². The minimum absolute atomic E-state index is 0.123. The van der Waals surface area contributed by atoms with Crippen LogP contribution in [0.3, 0.4) is 0 Å². The standard InChI is InChI=1S/C26H44N4O2/c1-22(2)14-21(30-20-32)15-23(3,18-29-19-31)26(22,16-24(27)10-6-4-7-11-24)17-25(28)12-8-5-9-13-25/h21H,4-18,27-28H2,1-3H3. The highest BCUT2D eigenvalue weighted by molar-refractivity contribution is 5.35. The van der Waals surface area contributed by atoms with Crippen molar-refractivity contribution >= 4 is 12.2 Å². The highest BCUT2D eigenvalue weighted by atomic mass is 16.1. The van der Waals surface area contributed by atoms with Crippen molar-refractivity contribution < 1.29 is 9.59 Å². The number of rotatable bonds is 7. The SMILES string of the molecule is CC1(C)CC(N=C=O)CC(C)(CN=C=O)C1(CC1(N)CCCCC1)CC1(N)CCCCC1. The van der Waals surface area contributed by atoms with Gasteiger partial charge in [-0.1, -0.05) is 59.3 Å². The molecule has 3 fully saturated rings. The van der Waals surface area contributed by atoms with E-state index in [4.69, 9.17) is 11.5 Å². The Labute approximate surface area is 194 Å². The summed E-state index contributed by atoms with van der Waals surface area (Å²) >= 11 is 0. The average Bonchev–Trinajstić information content (AvgIpc) is 2.71. The topological polar surface area (TPSA) is 111 Å². The smallest absolute Gasteiger partial charge is 0.235 e. The molecule has 0 aromatic heterocycles. The van der Waals surface area contributed by atoms with Crippen molar-refractivity contribution in [3.63, 3.8) is 0 Å². The molecule has 6 nitrogen and oxygen atoms in total. The molecule has 0 saturated heterocycles. The number of hydrogen-bond acceptors (Lipinski definition) is 6. The minimum atomic E-state index is -0.356. The number of nitrogens with zero attached hydrogens (tertiary/aromatic N) is 2. The first-order valence-corrected chi connectivity index (χ1v) is 12.7. The molecule has 0 aromatic carbocycles. The second-order valence-corrected chi connectivity index (χ2v) is 12.4. The molecule has 3 aliphatic rings. The van der Waals surface area contributed by atoms with E-state index in [0.717, 1.165) is 44.9 Å². The van der Waals surface area contributed by atoms with Crippen LogP contribution in [0.1, 0.15) is 111 Å². The van der Waals surface area contributed by atoms with Crippen LogP contribution in [0.15, 0.2) is 9.98 Å². The van der Waals surface area contributed by atoms with Gasteiger partial charge in [0.1, 0.15) is 0 Å². The molecule has 0 spiro atoms. The van der Waals surface area contributed by atoms with E-state index in [1.807, 2.05) is 0 Å². The van der Waals surface area contributed by atoms with Gasteiger partial charge in [-0.3, -0.25) is 0 Å². The lowest BCUT2D eigenvalue weighted by atomic mass is 9.40. The lowest BCUT2D eigenvalue weighted by Crippen LogP contribution is -2.65. The summed E-state index contributed by atoms with van der Waals surface area (Å²) in [6, 6.07) is -0.123. The second kappa shape index (κ2) is 9.50. The van der Waals surface area contributed by atoms with Crippen molar-refractivity contribution in [2.45, 2.75) is 128 Å². The van der Waals surface area contributed by atoms with Crippen molar-refractivity contribution in [1.29, 1.82) is 0 Å². The lowest BCUT2D eigenvalue weighted by molar-refractivity contribution is -0.145. The highest BCUT2D eigenvalue weighted by Gasteiger charge is 2.64. The van der Waals surface area contributed by atoms with Gasteiger partial charge < -0.3 is 11.5 Å². The van der Waals surface area contributed by atoms with Crippen molar-refractivity contribution in [2.24, 2.45) is 37.7 Å². The van der Waals surface area contributed by atoms with Gasteiger partial charge in [0.15, 0.2) is 0 Å². The number of isocyanates is 2. The maximum Gasteiger partial charge on any atom is 0.235 e. The molecule has 3 rings (SSSR count). The summed E-state index contributed by atoms with van der Waals surface area (Å²) < 4.78 is 0. The maximum absolute atomic E-state index is 11.2. The molecule has 6 heteroatoms. The van der Waals surface area contributed by atoms with Crippen LogP contribution in [-0.4, -0.2) is 35.8 Å². The van der Waals surface area contributed by atoms with Crippen LogP contribution in [0.4, 0.5) is 0 Å². The van der Waals surface area contributed by atoms with Crippen molar-refractivity contribution in [1.82, 2.24) is 0 Å². The van der Waals surface area contributed by atoms with Crippen molar-refractivity contribution in [2.75, 3.05) is 6.54 Å². The van der Waals surface area contributed by atoms with Gasteiger partial charge in [0.05, 0.1) is 12.6 Å². The number of hydrogen-bond donors (Lipinski definition) is 2. The van der Waals surface area contributed by atoms with Crippen molar-refractivity contribution in [3.05, 3.63) is 0 Å². The van der Waals surface area contributed by atoms with Crippen LogP contribution in [0.25, 0.3) is 0 Å². The molecule has 0 bridgehead atoms. The zero-order chi connectivity index (χ0) is 23.5. The summed E-state index contributed by atoms with van der Waals surface area (Å²) in [7, 11) is 0. The third-order valence-electron chi connectivity index (χ3n) is 9.62. The van der Waals surface area contributed by atoms with Gasteiger partial charge in [0.2, 0.25) is 12.2 Å². The first kappa shape index (κ1) is 25.3. The number of nitrogens with two attached hydrogens (primary N) is 2. The van der Waals surface area contributed by atoms with Crippen LogP contribution in [0.5, 0.6) is 0 Å². The molecule has 3 aliphatic carbocycles. The van der Waals surface area contributed by atoms with E-state index in [1.165, 1.54) is 38.5 Å². The Kier molecular flexibility index (Phi) is 7.52. The normalized spacial score (nSPS) is 32.8. The third-order valence-corrected chi connectivity index (χ3v) is 9.62. The molecule has 180 valence electrons. The number of carbonyl (C=O) groups excluding carboxylic acids is 2. The fraction of sp³-hybridized carbons (Fsp3) is 0.923. The predicted octanol–water partition coefficient (Wildman–Crippen LogP) is 4.94. The maximum atomic E-state index is 11.2. The molecular weight excluding hydrogens is 400 g/mol. The molecule has 3 saturated carbocycles. The van der Waals surface area contributed by atoms with Crippen LogP contribution in [0.2, 0.25) is 0 Å². The summed E-state index contributed by atoms with van der Waals surface area (Å²) in [5, 5.41) is 0. The second-order valence-electron chi connectivity index (χ2n) is 12.4. The molecule has 0 aliphatic heterocycles. The Morgan fingerprint density at radius 3 is 1.72 bits per heavy atom. The van der Waals surface area contributed by atoms with Gasteiger partial charge in [-0.15, -0.1) is 0 Å². The molecule has 0 amide bonds. The fourth-order valence-electron chi connectivity index (χ4n) is 8.01. The molecule has 0 radical (unpaired) electrons. The van der Waals surface area contributed by atoms with E-state index < -0.39 is 0 Å². The summed E-state index contributed by atoms with van der Waals surface area (Å²) in [5.41, 5.74) is 13.1. The number of aliphatic imine (C=N–C) groups is 2. The van der Waals surface area contributed by atoms with E-state index >= 15 is 0 Å². The van der Waals surface area contributed by atoms with E-state index in [1.54, 1.807) is 12.2 Å². The Morgan fingerprint density at radius 2 is 1.28 bits per heavy atom. The highest BCUT2D eigenvalue weighted by Crippen LogP contribution is 2.67. The Morgan fingerprint density at radius 1 is 0.781 bits per heavy atom. The zero-order valence-corrected chi connectivity index (χ0v) is 20.5. The lowest BCUT2D eigenvalue weighted by Gasteiger charge is -2.66. The first-order chi connectivity index (χ1) is 15.0. The van der Waals surface area contributed by atoms with E-state index in [-0.39, 0.29) is 33.4 Å². The molecule has 4 N–H and O–H groups in total. The largest absolute Gasteiger partial charge is 0.325 e. The summed E-state index contributed by atoms with van der Waals surface area (Å²) in [5.74, 6) is 0. The van der Waals surface area contributed by atoms with Gasteiger partial charge in [0.25, 0.3) is 0 Å². The Balaban J connectivity index is 2.14. The minimum Gasteiger partial charge on any atom is -0.325 e. The summed E-state index contributed by atoms with van der Waals surface area (Å²) in [6.07, 6.45) is 18.1. The van der Waals surface area contributed by atoms with Gasteiger partial charge in [-0.2, -0.15) is 0 Å². The molecule has 32 heavy (non-hydrogen) atoms. The molecule has 0 aromatic rings. The predicted molar refractivity (Wildman–Crippen MR) is 128 cm³/mol. The van der Waals surface area contributed by atoms with Gasteiger partial charge in [0, 0.05) is 11.1 Å². The average molecular weight is 445 g/mol. The summed E-state index contributed by atoms with van der Waals surface area (Å²) in [6.45, 7) is 7.22. The quantitative estimate of drug-likeness (QED) is 0.428. The molecule has 2 atom stereocenters. The van der Waals surface area contributed by atoms with Crippen LogP contribution >= 0.6 is 0 Å². The third kappa shape index (κ3) is 4.94. The van der Waals surface area contributed by atoms with Crippen LogP contribution < -0.4 is 11.5 Å². The van der Waals surface area contributed by atoms with Gasteiger partial charge in [-0.25, -0.2) is 19.6 Å². The molecule has 0 heterocycles. The van der Waals surface area contributed by atoms with E-state index in [0.29, 0.717) is 13.0 Å². The van der Waals surface area contributed by atoms with Crippen LogP contribution in [0, 0.1) is 16.2 Å². The van der Waals surface area contributed by atoms with Crippen molar-refractivity contribution in [3.8, 4) is 0 Å². The monoisotopic (exact) mass is 444 g/mol. The first-order valence-electron chi connectivity index (χ1n) is 12.7. The van der Waals surface area contributed by atoms with E-state index in [9.17, 15) is 9.59 Å². The Hall–Kier alpha value is -1.32. The summed E-state index contributed by atoms with van der Waals surface area (Å²) in [4.78, 5) is 30.7. The molecular formula is C26H44N4O2. The Bertz CT molecular complexity index is 728. The van der Waals surface area contributed by atoms with E-state index in [2.05, 4.69) is 30.8 Å². The zero-order valence-electron chi connectivity index (χ0n) is 20.5. The van der Waals surface area contributed by atoms with Crippen LogP contribution in [-0.2, 0) is 9.59 Å². The fourth-order valence-corrected chi connectivity index (χ4v) is 8.01. The van der Waals surface area contributed by atoms with Gasteiger partial charge in [-0.05, 0) is 67.6 Å².